The first-order chi connectivity index (χ1) is 12.6. The molecule has 0 saturated carbocycles. The number of alkyl halides is 3. The Hall–Kier alpha value is -1.94. The summed E-state index contributed by atoms with van der Waals surface area (Å²) in [5.74, 6) is 0.184. The molecular weight excluding hydrogens is 397 g/mol. The fourth-order valence-electron chi connectivity index (χ4n) is 2.85. The average molecular weight is 414 g/mol. The number of carbonyl (C=O) groups is 1. The number of nitrogens with zero attached hydrogens (tertiary/aromatic N) is 3. The van der Waals surface area contributed by atoms with Gasteiger partial charge in [-0.05, 0) is 37.5 Å². The Morgan fingerprint density at radius 1 is 1.37 bits per heavy atom. The lowest BCUT2D eigenvalue weighted by Gasteiger charge is -2.29. The number of ketones is 1. The van der Waals surface area contributed by atoms with Crippen LogP contribution in [0.4, 0.5) is 13.2 Å². The zero-order valence-corrected chi connectivity index (χ0v) is 16.3. The second-order valence-corrected chi connectivity index (χ2v) is 8.73. The molecule has 3 heterocycles. The Kier molecular flexibility index (Phi) is 5.31. The van der Waals surface area contributed by atoms with Crippen LogP contribution in [0, 0.1) is 6.92 Å². The van der Waals surface area contributed by atoms with E-state index in [2.05, 4.69) is 15.0 Å². The second kappa shape index (κ2) is 7.23. The zero-order chi connectivity index (χ0) is 19.8. The van der Waals surface area contributed by atoms with Gasteiger partial charge in [0.25, 0.3) is 0 Å². The highest BCUT2D eigenvalue weighted by Gasteiger charge is 2.39. The highest BCUT2D eigenvalue weighted by Crippen LogP contribution is 2.36. The van der Waals surface area contributed by atoms with Gasteiger partial charge in [-0.1, -0.05) is 11.8 Å². The first kappa shape index (κ1) is 19.8. The van der Waals surface area contributed by atoms with Crippen LogP contribution >= 0.6 is 23.1 Å². The third kappa shape index (κ3) is 4.32. The minimum absolute atomic E-state index is 0.185. The number of hydrogen-bond donors (Lipinski definition) is 1. The minimum atomic E-state index is -4.66. The van der Waals surface area contributed by atoms with Crippen molar-refractivity contribution in [2.45, 2.75) is 38.4 Å². The standard InChI is InChI=1S/C17H17F3N4OS2/c1-9-23-14(17(18,19)20)13(27-9)12(25)6-10-5-11(8-22-7-10)16(2)3-4-26-15(21)24-16/h5,7-8H,3-4,6H2,1-2H3,(H2,21,24)/t16-/m0/s1. The lowest BCUT2D eigenvalue weighted by Crippen LogP contribution is -2.29. The SMILES string of the molecule is Cc1nc(C(F)(F)F)c(C(=O)Cc2cncc([C@]3(C)CCSC(N)=N3)c2)s1. The summed E-state index contributed by atoms with van der Waals surface area (Å²) in [5.41, 5.74) is 5.47. The van der Waals surface area contributed by atoms with Crippen molar-refractivity contribution >= 4 is 34.0 Å². The Morgan fingerprint density at radius 3 is 2.78 bits per heavy atom. The number of aliphatic imine (C=N–C) groups is 1. The van der Waals surface area contributed by atoms with Crippen molar-refractivity contribution in [1.29, 1.82) is 0 Å². The van der Waals surface area contributed by atoms with Crippen LogP contribution < -0.4 is 5.73 Å². The fraction of sp³-hybridized carbons (Fsp3) is 0.412. The minimum Gasteiger partial charge on any atom is -0.379 e. The van der Waals surface area contributed by atoms with Crippen molar-refractivity contribution in [2.75, 3.05) is 5.75 Å². The summed E-state index contributed by atoms with van der Waals surface area (Å²) in [6.07, 6.45) is -0.954. The van der Waals surface area contributed by atoms with Crippen molar-refractivity contribution in [3.05, 3.63) is 45.2 Å². The Morgan fingerprint density at radius 2 is 2.11 bits per heavy atom. The summed E-state index contributed by atoms with van der Waals surface area (Å²) in [6.45, 7) is 3.37. The third-order valence-corrected chi connectivity index (χ3v) is 6.04. The molecular formula is C17H17F3N4OS2. The van der Waals surface area contributed by atoms with E-state index in [1.165, 1.54) is 24.9 Å². The molecule has 2 aromatic heterocycles. The van der Waals surface area contributed by atoms with E-state index < -0.39 is 23.2 Å². The van der Waals surface area contributed by atoms with Gasteiger partial charge in [0, 0.05) is 24.6 Å². The number of nitrogens with two attached hydrogens (primary N) is 1. The molecule has 3 rings (SSSR count). The van der Waals surface area contributed by atoms with Gasteiger partial charge in [-0.3, -0.25) is 14.8 Å². The summed E-state index contributed by atoms with van der Waals surface area (Å²) in [5, 5.41) is 0.690. The molecule has 1 atom stereocenters. The molecule has 0 fully saturated rings. The van der Waals surface area contributed by atoms with Crippen molar-refractivity contribution in [3.8, 4) is 0 Å². The van der Waals surface area contributed by atoms with Crippen LogP contribution in [-0.4, -0.2) is 26.7 Å². The molecule has 1 aliphatic heterocycles. The van der Waals surface area contributed by atoms with Gasteiger partial charge in [0.1, 0.15) is 4.88 Å². The highest BCUT2D eigenvalue weighted by molar-refractivity contribution is 8.13. The molecule has 0 aromatic carbocycles. The second-order valence-electron chi connectivity index (χ2n) is 6.41. The molecule has 0 saturated heterocycles. The van der Waals surface area contributed by atoms with E-state index in [0.29, 0.717) is 10.7 Å². The summed E-state index contributed by atoms with van der Waals surface area (Å²) in [6, 6.07) is 1.76. The van der Waals surface area contributed by atoms with Crippen LogP contribution in [0.15, 0.2) is 23.5 Å². The van der Waals surface area contributed by atoms with Gasteiger partial charge in [0.2, 0.25) is 0 Å². The number of aryl methyl sites for hydroxylation is 1. The number of amidine groups is 1. The molecule has 0 bridgehead atoms. The molecule has 5 nitrogen and oxygen atoms in total. The van der Waals surface area contributed by atoms with Gasteiger partial charge in [-0.15, -0.1) is 11.3 Å². The Labute approximate surface area is 162 Å². The fourth-order valence-corrected chi connectivity index (χ4v) is 4.70. The predicted octanol–water partition coefficient (Wildman–Crippen LogP) is 3.96. The van der Waals surface area contributed by atoms with Crippen LogP contribution in [0.1, 0.15) is 44.8 Å². The van der Waals surface area contributed by atoms with Gasteiger partial charge in [0.15, 0.2) is 16.6 Å². The van der Waals surface area contributed by atoms with Crippen LogP contribution in [-0.2, 0) is 18.1 Å². The number of hydrogen-bond acceptors (Lipinski definition) is 7. The van der Waals surface area contributed by atoms with E-state index in [4.69, 9.17) is 5.73 Å². The molecule has 0 radical (unpaired) electrons. The molecule has 2 N–H and O–H groups in total. The molecule has 27 heavy (non-hydrogen) atoms. The maximum absolute atomic E-state index is 13.1. The lowest BCUT2D eigenvalue weighted by molar-refractivity contribution is -0.141. The van der Waals surface area contributed by atoms with Crippen molar-refractivity contribution in [2.24, 2.45) is 10.7 Å². The van der Waals surface area contributed by atoms with Gasteiger partial charge < -0.3 is 5.73 Å². The molecule has 0 unspecified atom stereocenters. The topological polar surface area (TPSA) is 81.2 Å². The summed E-state index contributed by atoms with van der Waals surface area (Å²) < 4.78 is 39.3. The first-order valence-corrected chi connectivity index (χ1v) is 9.89. The molecule has 2 aromatic rings. The number of halogens is 3. The van der Waals surface area contributed by atoms with Crippen LogP contribution in [0.5, 0.6) is 0 Å². The predicted molar refractivity (Wildman–Crippen MR) is 100 cm³/mol. The van der Waals surface area contributed by atoms with Crippen molar-refractivity contribution in [3.63, 3.8) is 0 Å². The van der Waals surface area contributed by atoms with Gasteiger partial charge in [0.05, 0.1) is 10.5 Å². The Balaban J connectivity index is 1.88. The normalized spacial score (nSPS) is 20.4. The molecule has 144 valence electrons. The molecule has 1 aliphatic rings. The van der Waals surface area contributed by atoms with E-state index in [-0.39, 0.29) is 16.3 Å². The van der Waals surface area contributed by atoms with Gasteiger partial charge in [-0.25, -0.2) is 4.98 Å². The van der Waals surface area contributed by atoms with Crippen LogP contribution in [0.25, 0.3) is 0 Å². The quantitative estimate of drug-likeness (QED) is 0.766. The van der Waals surface area contributed by atoms with Gasteiger partial charge >= 0.3 is 6.18 Å². The van der Waals surface area contributed by atoms with E-state index >= 15 is 0 Å². The zero-order valence-electron chi connectivity index (χ0n) is 14.6. The first-order valence-electron chi connectivity index (χ1n) is 8.09. The number of thioether (sulfide) groups is 1. The largest absolute Gasteiger partial charge is 0.434 e. The number of pyridine rings is 1. The molecule has 10 heteroatoms. The van der Waals surface area contributed by atoms with E-state index in [1.807, 2.05) is 6.92 Å². The van der Waals surface area contributed by atoms with Crippen LogP contribution in [0.2, 0.25) is 0 Å². The van der Waals surface area contributed by atoms with Crippen molar-refractivity contribution in [1.82, 2.24) is 9.97 Å². The van der Waals surface area contributed by atoms with E-state index in [0.717, 1.165) is 29.1 Å². The third-order valence-electron chi connectivity index (χ3n) is 4.23. The van der Waals surface area contributed by atoms with E-state index in [9.17, 15) is 18.0 Å². The van der Waals surface area contributed by atoms with E-state index in [1.54, 1.807) is 12.3 Å². The smallest absolute Gasteiger partial charge is 0.379 e. The van der Waals surface area contributed by atoms with Crippen molar-refractivity contribution < 1.29 is 18.0 Å². The maximum atomic E-state index is 13.1. The molecule has 0 amide bonds. The Bertz CT molecular complexity index is 910. The van der Waals surface area contributed by atoms with Gasteiger partial charge in [-0.2, -0.15) is 13.2 Å². The highest BCUT2D eigenvalue weighted by atomic mass is 32.2. The number of aromatic nitrogens is 2. The number of rotatable bonds is 4. The summed E-state index contributed by atoms with van der Waals surface area (Å²) in [7, 11) is 0. The number of Topliss-reactive ketones (excluding diaryl/α,β-unsaturated/α-hetero) is 1. The maximum Gasteiger partial charge on any atom is 0.434 e. The van der Waals surface area contributed by atoms with Crippen LogP contribution in [0.3, 0.4) is 0 Å². The average Bonchev–Trinajstić information content (AvgIpc) is 2.97. The number of carbonyl (C=O) groups excluding carboxylic acids is 1. The molecule has 0 aliphatic carbocycles. The number of thiazole rings is 1. The monoisotopic (exact) mass is 414 g/mol. The summed E-state index contributed by atoms with van der Waals surface area (Å²) in [4.78, 5) is 24.3. The lowest BCUT2D eigenvalue weighted by atomic mass is 9.90. The summed E-state index contributed by atoms with van der Waals surface area (Å²) >= 11 is 2.23. The molecule has 0 spiro atoms.